The highest BCUT2D eigenvalue weighted by atomic mass is 19.1. The maximum atomic E-state index is 13.4. The third kappa shape index (κ3) is 6.81. The van der Waals surface area contributed by atoms with Crippen LogP contribution in [0.25, 0.3) is 0 Å². The summed E-state index contributed by atoms with van der Waals surface area (Å²) in [6.07, 6.45) is 0.813. The second-order valence-electron chi connectivity index (χ2n) is 9.65. The van der Waals surface area contributed by atoms with Crippen molar-refractivity contribution >= 4 is 23.4 Å². The third-order valence-electron chi connectivity index (χ3n) is 6.13. The molecule has 3 amide bonds. The number of amides is 3. The van der Waals surface area contributed by atoms with E-state index in [0.29, 0.717) is 37.6 Å². The standard InChI is InChI=1S/C28H32FN5O3/c1-20(2)18-33(16-13-26(35)30-23-11-9-22(29)10-12-23)27(36)24-17-25-28(37)32(14-6-15-34(25)31-24)19-21-7-4-3-5-8-21/h3-5,7-12,17,20H,6,13-16,18-19H2,1-2H3,(H,30,35). The van der Waals surface area contributed by atoms with Crippen LogP contribution in [0.5, 0.6) is 0 Å². The normalized spacial score (nSPS) is 13.3. The number of hydrogen-bond acceptors (Lipinski definition) is 4. The number of carbonyl (C=O) groups is 3. The van der Waals surface area contributed by atoms with Crippen LogP contribution < -0.4 is 5.32 Å². The highest BCUT2D eigenvalue weighted by molar-refractivity contribution is 5.98. The lowest BCUT2D eigenvalue weighted by molar-refractivity contribution is -0.116. The molecular weight excluding hydrogens is 473 g/mol. The smallest absolute Gasteiger partial charge is 0.274 e. The van der Waals surface area contributed by atoms with E-state index in [2.05, 4.69) is 10.4 Å². The van der Waals surface area contributed by atoms with Gasteiger partial charge in [-0.2, -0.15) is 5.10 Å². The van der Waals surface area contributed by atoms with Crippen LogP contribution in [-0.2, 0) is 17.9 Å². The predicted molar refractivity (Wildman–Crippen MR) is 138 cm³/mol. The van der Waals surface area contributed by atoms with E-state index in [0.717, 1.165) is 12.0 Å². The topological polar surface area (TPSA) is 87.5 Å². The van der Waals surface area contributed by atoms with Crippen molar-refractivity contribution in [2.75, 3.05) is 25.0 Å². The first kappa shape index (κ1) is 26.1. The number of hydrogen-bond donors (Lipinski definition) is 1. The summed E-state index contributed by atoms with van der Waals surface area (Å²) in [5.41, 5.74) is 2.13. The molecule has 0 bridgehead atoms. The Morgan fingerprint density at radius 1 is 1.08 bits per heavy atom. The van der Waals surface area contributed by atoms with Crippen LogP contribution in [-0.4, -0.2) is 56.9 Å². The van der Waals surface area contributed by atoms with Crippen LogP contribution in [0.3, 0.4) is 0 Å². The van der Waals surface area contributed by atoms with Gasteiger partial charge in [0.15, 0.2) is 5.69 Å². The van der Waals surface area contributed by atoms with Crippen molar-refractivity contribution in [3.8, 4) is 0 Å². The predicted octanol–water partition coefficient (Wildman–Crippen LogP) is 4.20. The number of rotatable bonds is 9. The maximum Gasteiger partial charge on any atom is 0.274 e. The van der Waals surface area contributed by atoms with Crippen molar-refractivity contribution in [1.82, 2.24) is 19.6 Å². The Labute approximate surface area is 216 Å². The molecule has 0 fully saturated rings. The van der Waals surface area contributed by atoms with E-state index in [9.17, 15) is 18.8 Å². The first-order valence-electron chi connectivity index (χ1n) is 12.6. The van der Waals surface area contributed by atoms with Gasteiger partial charge in [0, 0.05) is 50.9 Å². The van der Waals surface area contributed by atoms with E-state index in [1.165, 1.54) is 24.3 Å². The number of fused-ring (bicyclic) bond motifs is 1. The monoisotopic (exact) mass is 505 g/mol. The van der Waals surface area contributed by atoms with Gasteiger partial charge in [-0.15, -0.1) is 0 Å². The van der Waals surface area contributed by atoms with Crippen molar-refractivity contribution in [2.45, 2.75) is 39.8 Å². The molecule has 0 spiro atoms. The van der Waals surface area contributed by atoms with Gasteiger partial charge in [0.2, 0.25) is 5.91 Å². The number of benzene rings is 2. The number of nitrogens with one attached hydrogen (secondary N) is 1. The first-order chi connectivity index (χ1) is 17.8. The summed E-state index contributed by atoms with van der Waals surface area (Å²) in [7, 11) is 0. The minimum Gasteiger partial charge on any atom is -0.336 e. The Balaban J connectivity index is 1.45. The fourth-order valence-electron chi connectivity index (χ4n) is 4.37. The van der Waals surface area contributed by atoms with Gasteiger partial charge in [-0.3, -0.25) is 19.1 Å². The lowest BCUT2D eigenvalue weighted by Crippen LogP contribution is -2.37. The summed E-state index contributed by atoms with van der Waals surface area (Å²) in [5, 5.41) is 7.20. The number of anilines is 1. The molecule has 1 N–H and O–H groups in total. The van der Waals surface area contributed by atoms with E-state index in [4.69, 9.17) is 0 Å². The van der Waals surface area contributed by atoms with E-state index in [1.807, 2.05) is 44.2 Å². The Morgan fingerprint density at radius 3 is 2.51 bits per heavy atom. The lowest BCUT2D eigenvalue weighted by Gasteiger charge is -2.23. The van der Waals surface area contributed by atoms with Gasteiger partial charge in [-0.25, -0.2) is 4.39 Å². The molecule has 3 aromatic rings. The van der Waals surface area contributed by atoms with Gasteiger partial charge in [0.1, 0.15) is 11.5 Å². The number of aromatic nitrogens is 2. The molecule has 0 saturated carbocycles. The summed E-state index contributed by atoms with van der Waals surface area (Å²) >= 11 is 0. The van der Waals surface area contributed by atoms with Gasteiger partial charge in [-0.05, 0) is 42.2 Å². The molecule has 1 aliphatic rings. The summed E-state index contributed by atoms with van der Waals surface area (Å²) < 4.78 is 14.7. The fourth-order valence-corrected chi connectivity index (χ4v) is 4.37. The van der Waals surface area contributed by atoms with Crippen LogP contribution in [0.15, 0.2) is 60.7 Å². The number of halogens is 1. The fraction of sp³-hybridized carbons (Fsp3) is 0.357. The first-order valence-corrected chi connectivity index (χ1v) is 12.6. The molecule has 8 nitrogen and oxygen atoms in total. The molecular formula is C28H32FN5O3. The maximum absolute atomic E-state index is 13.4. The molecule has 2 heterocycles. The van der Waals surface area contributed by atoms with Crippen LogP contribution in [0.2, 0.25) is 0 Å². The SMILES string of the molecule is CC(C)CN(CCC(=O)Nc1ccc(F)cc1)C(=O)c1cc2n(n1)CCCN(Cc1ccccc1)C2=O. The molecule has 1 aliphatic heterocycles. The average molecular weight is 506 g/mol. The van der Waals surface area contributed by atoms with Crippen molar-refractivity contribution in [3.05, 3.63) is 83.4 Å². The van der Waals surface area contributed by atoms with E-state index >= 15 is 0 Å². The van der Waals surface area contributed by atoms with Gasteiger partial charge >= 0.3 is 0 Å². The summed E-state index contributed by atoms with van der Waals surface area (Å²) in [6.45, 7) is 6.28. The van der Waals surface area contributed by atoms with Gasteiger partial charge in [-0.1, -0.05) is 44.2 Å². The molecule has 0 atom stereocenters. The third-order valence-corrected chi connectivity index (χ3v) is 6.13. The van der Waals surface area contributed by atoms with Crippen molar-refractivity contribution in [3.63, 3.8) is 0 Å². The molecule has 2 aromatic carbocycles. The zero-order valence-electron chi connectivity index (χ0n) is 21.2. The zero-order valence-corrected chi connectivity index (χ0v) is 21.2. The summed E-state index contributed by atoms with van der Waals surface area (Å²) in [4.78, 5) is 42.6. The summed E-state index contributed by atoms with van der Waals surface area (Å²) in [6, 6.07) is 16.9. The molecule has 9 heteroatoms. The van der Waals surface area contributed by atoms with E-state index < -0.39 is 0 Å². The van der Waals surface area contributed by atoms with Crippen molar-refractivity contribution < 1.29 is 18.8 Å². The minimum atomic E-state index is -0.383. The van der Waals surface area contributed by atoms with Gasteiger partial charge in [0.05, 0.1) is 0 Å². The molecule has 1 aromatic heterocycles. The Kier molecular flexibility index (Phi) is 8.32. The number of aryl methyl sites for hydroxylation is 1. The van der Waals surface area contributed by atoms with Crippen molar-refractivity contribution in [1.29, 1.82) is 0 Å². The molecule has 0 radical (unpaired) electrons. The quantitative estimate of drug-likeness (QED) is 0.472. The molecule has 0 aliphatic carbocycles. The second kappa shape index (κ2) is 11.8. The number of nitrogens with zero attached hydrogens (tertiary/aromatic N) is 4. The zero-order chi connectivity index (χ0) is 26.4. The molecule has 194 valence electrons. The average Bonchev–Trinajstić information content (AvgIpc) is 3.25. The Hall–Kier alpha value is -4.01. The molecule has 37 heavy (non-hydrogen) atoms. The lowest BCUT2D eigenvalue weighted by atomic mass is 10.1. The minimum absolute atomic E-state index is 0.0766. The molecule has 4 rings (SSSR count). The van der Waals surface area contributed by atoms with Gasteiger partial charge < -0.3 is 15.1 Å². The highest BCUT2D eigenvalue weighted by Gasteiger charge is 2.28. The number of carbonyl (C=O) groups excluding carboxylic acids is 3. The van der Waals surface area contributed by atoms with Crippen molar-refractivity contribution in [2.24, 2.45) is 5.92 Å². The van der Waals surface area contributed by atoms with Crippen LogP contribution >= 0.6 is 0 Å². The highest BCUT2D eigenvalue weighted by Crippen LogP contribution is 2.18. The molecule has 0 saturated heterocycles. The Morgan fingerprint density at radius 2 is 1.81 bits per heavy atom. The van der Waals surface area contributed by atoms with E-state index in [1.54, 1.807) is 20.5 Å². The summed E-state index contributed by atoms with van der Waals surface area (Å²) in [5.74, 6) is -0.951. The van der Waals surface area contributed by atoms with E-state index in [-0.39, 0.29) is 48.1 Å². The largest absolute Gasteiger partial charge is 0.336 e. The van der Waals surface area contributed by atoms with Gasteiger partial charge in [0.25, 0.3) is 11.8 Å². The van der Waals surface area contributed by atoms with Crippen LogP contribution in [0.4, 0.5) is 10.1 Å². The second-order valence-corrected chi connectivity index (χ2v) is 9.65. The van der Waals surface area contributed by atoms with Crippen LogP contribution in [0.1, 0.15) is 53.2 Å². The Bertz CT molecular complexity index is 1240. The molecule has 0 unspecified atom stereocenters. The van der Waals surface area contributed by atoms with Crippen LogP contribution in [0, 0.1) is 11.7 Å².